The van der Waals surface area contributed by atoms with Gasteiger partial charge in [0.2, 0.25) is 41.4 Å². The van der Waals surface area contributed by atoms with Crippen molar-refractivity contribution in [2.45, 2.75) is 154 Å². The molecule has 7 N–H and O–H groups in total. The number of aryl methyl sites for hydroxylation is 2. The molecule has 2 aromatic heterocycles. The number of aromatic nitrogens is 3. The summed E-state index contributed by atoms with van der Waals surface area (Å²) < 4.78 is 27.0. The average molecular weight is 1190 g/mol. The number of hydrogen-bond donors (Lipinski definition) is 6. The lowest BCUT2D eigenvalue weighted by molar-refractivity contribution is -0.147. The molecule has 4 fully saturated rings. The minimum Gasteiger partial charge on any atom is -0.370 e. The van der Waals surface area contributed by atoms with Gasteiger partial charge in [0.1, 0.15) is 29.9 Å². The van der Waals surface area contributed by atoms with Crippen LogP contribution in [0.1, 0.15) is 154 Å². The number of nitrogens with two attached hydrogens (primary N) is 1. The van der Waals surface area contributed by atoms with Gasteiger partial charge < -0.3 is 45.5 Å². The Morgan fingerprint density at radius 2 is 1.54 bits per heavy atom. The molecule has 9 rings (SSSR count). The second kappa shape index (κ2) is 26.7. The van der Waals surface area contributed by atoms with Gasteiger partial charge in [-0.3, -0.25) is 62.2 Å². The maximum atomic E-state index is 15.2. The Kier molecular flexibility index (Phi) is 19.4. The molecular formula is C61H77N10O13P. The number of aromatic amines is 1. The van der Waals surface area contributed by atoms with E-state index in [0.717, 1.165) is 42.4 Å². The van der Waals surface area contributed by atoms with Gasteiger partial charge in [0.15, 0.2) is 0 Å². The van der Waals surface area contributed by atoms with Crippen molar-refractivity contribution >= 4 is 82.3 Å². The first-order valence-corrected chi connectivity index (χ1v) is 31.2. The lowest BCUT2D eigenvalue weighted by atomic mass is 9.79. The van der Waals surface area contributed by atoms with Crippen molar-refractivity contribution in [1.29, 1.82) is 0 Å². The second-order valence-corrected chi connectivity index (χ2v) is 25.1. The molecule has 0 spiro atoms. The first kappa shape index (κ1) is 61.8. The van der Waals surface area contributed by atoms with Gasteiger partial charge in [-0.1, -0.05) is 44.2 Å². The van der Waals surface area contributed by atoms with Crippen molar-refractivity contribution in [1.82, 2.24) is 45.2 Å². The van der Waals surface area contributed by atoms with E-state index in [1.165, 1.54) is 32.2 Å². The van der Waals surface area contributed by atoms with Crippen LogP contribution in [-0.2, 0) is 67.2 Å². The number of fused-ring (bicyclic) bond motifs is 3. The summed E-state index contributed by atoms with van der Waals surface area (Å²) >= 11 is 0. The fourth-order valence-electron chi connectivity index (χ4n) is 12.5. The highest BCUT2D eigenvalue weighted by Crippen LogP contribution is 2.51. The predicted octanol–water partition coefficient (Wildman–Crippen LogP) is 5.52. The number of H-pyrrole nitrogens is 1. The van der Waals surface area contributed by atoms with Crippen molar-refractivity contribution in [3.8, 4) is 0 Å². The molecule has 23 nitrogen and oxygen atoms in total. The molecule has 3 aromatic carbocycles. The number of primary amides is 1. The standard InChI is InChI=1S/C61H77N10O13P/c1-6-83-85(82,84-7-2)60(80)41-19-21-44-42(31-41)32-46(64-44)55(75)66-47-34-69(58(78)40-17-10-36(11-18-40)8-9-37-14-23-48-51(30-37)68(5)61(81)71(48)50-25-27-53(73)67-57(50)77)29-28-43-20-24-49(70(43)59(47)79)56(76)65-45(22-26-52(62)72)54(74)63-33-38-12-15-39(16-13-38)35(3)4/h12-16,19,21,23,30-32,35-36,40,43,45,47,49-50,64H,6-11,17-18,20,22,24-29,33-34H2,1-5H3,(H2,62,72)(H,63,74)(H,65,76)(H,66,75)(H,67,73,77)/t36-,40+,43-,45+,47+,49+,50?/m1/s1. The number of hydrogen-bond acceptors (Lipinski definition) is 13. The van der Waals surface area contributed by atoms with Gasteiger partial charge in [-0.25, -0.2) is 4.79 Å². The Morgan fingerprint density at radius 3 is 2.22 bits per heavy atom. The van der Waals surface area contributed by atoms with Crippen LogP contribution >= 0.6 is 7.60 Å². The van der Waals surface area contributed by atoms with Crippen molar-refractivity contribution in [3.05, 3.63) is 105 Å². The van der Waals surface area contributed by atoms with E-state index >= 15 is 4.79 Å². The van der Waals surface area contributed by atoms with Crippen molar-refractivity contribution in [3.63, 3.8) is 0 Å². The van der Waals surface area contributed by atoms with Gasteiger partial charge in [-0.05, 0) is 149 Å². The van der Waals surface area contributed by atoms with E-state index in [1.54, 1.807) is 31.9 Å². The lowest BCUT2D eigenvalue weighted by Gasteiger charge is -2.40. The molecule has 5 heterocycles. The molecule has 5 atom stereocenters. The number of benzene rings is 3. The van der Waals surface area contributed by atoms with Crippen LogP contribution in [0.2, 0.25) is 0 Å². The second-order valence-electron chi connectivity index (χ2n) is 23.2. The van der Waals surface area contributed by atoms with E-state index in [9.17, 15) is 47.7 Å². The predicted molar refractivity (Wildman–Crippen MR) is 315 cm³/mol. The van der Waals surface area contributed by atoms with Gasteiger partial charge in [0.25, 0.3) is 11.4 Å². The molecule has 3 saturated heterocycles. The van der Waals surface area contributed by atoms with Crippen LogP contribution in [0.4, 0.5) is 0 Å². The van der Waals surface area contributed by atoms with Gasteiger partial charge >= 0.3 is 13.3 Å². The zero-order valence-electron chi connectivity index (χ0n) is 48.8. The van der Waals surface area contributed by atoms with Gasteiger partial charge in [0, 0.05) is 67.9 Å². The number of imide groups is 1. The Bertz CT molecular complexity index is 3500. The normalized spacial score (nSPS) is 21.5. The maximum Gasteiger partial charge on any atom is 0.401 e. The summed E-state index contributed by atoms with van der Waals surface area (Å²) in [5.41, 5.74) is 9.11. The Balaban J connectivity index is 0.902. The molecule has 1 saturated carbocycles. The summed E-state index contributed by atoms with van der Waals surface area (Å²) in [7, 11) is -2.51. The minimum absolute atomic E-state index is 0.0180. The fraction of sp³-hybridized carbons (Fsp3) is 0.508. The molecule has 8 amide bonds. The minimum atomic E-state index is -4.18. The van der Waals surface area contributed by atoms with E-state index in [4.69, 9.17) is 14.8 Å². The quantitative estimate of drug-likeness (QED) is 0.0368. The number of amides is 8. The molecule has 454 valence electrons. The third kappa shape index (κ3) is 13.8. The Morgan fingerprint density at radius 1 is 0.824 bits per heavy atom. The van der Waals surface area contributed by atoms with Gasteiger partial charge in [0.05, 0.1) is 24.2 Å². The zero-order chi connectivity index (χ0) is 60.9. The largest absolute Gasteiger partial charge is 0.401 e. The van der Waals surface area contributed by atoms with Crippen LogP contribution in [0.5, 0.6) is 0 Å². The van der Waals surface area contributed by atoms with Gasteiger partial charge in [-0.15, -0.1) is 0 Å². The summed E-state index contributed by atoms with van der Waals surface area (Å²) in [5.74, 6) is -3.86. The summed E-state index contributed by atoms with van der Waals surface area (Å²) in [6.45, 7) is 7.45. The van der Waals surface area contributed by atoms with Crippen LogP contribution in [0.25, 0.3) is 21.9 Å². The van der Waals surface area contributed by atoms with E-state index in [2.05, 4.69) is 40.1 Å². The molecular weight excluding hydrogens is 1110 g/mol. The maximum absolute atomic E-state index is 15.2. The molecule has 0 bridgehead atoms. The van der Waals surface area contributed by atoms with E-state index in [-0.39, 0.29) is 99.6 Å². The van der Waals surface area contributed by atoms with Crippen LogP contribution in [0.15, 0.2) is 71.5 Å². The molecule has 1 unspecified atom stereocenters. The highest BCUT2D eigenvalue weighted by molar-refractivity contribution is 7.72. The van der Waals surface area contributed by atoms with Gasteiger partial charge in [-0.2, -0.15) is 0 Å². The van der Waals surface area contributed by atoms with E-state index in [0.29, 0.717) is 59.5 Å². The zero-order valence-corrected chi connectivity index (χ0v) is 49.7. The monoisotopic (exact) mass is 1190 g/mol. The summed E-state index contributed by atoms with van der Waals surface area (Å²) in [6, 6.07) is 14.6. The van der Waals surface area contributed by atoms with Crippen LogP contribution in [0.3, 0.4) is 0 Å². The number of nitrogens with zero attached hydrogens (tertiary/aromatic N) is 4. The SMILES string of the molecule is CCOP(=O)(OCC)C(=O)c1ccc2[nH]c(C(=O)N[C@H]3CN(C(=O)[C@H]4CC[C@@H](CCc5ccc6c(c5)n(C)c(=O)n6C5CCC(=O)NC5=O)CC4)CC[C@H]4CC[C@@H](C(=O)N[C@@H](CCC(N)=O)C(=O)NCc5ccc(C(C)C)cc5)N4C3=O)cc2c1. The number of rotatable bonds is 22. The first-order valence-electron chi connectivity index (χ1n) is 29.6. The van der Waals surface area contributed by atoms with Crippen molar-refractivity contribution < 1.29 is 56.8 Å². The van der Waals surface area contributed by atoms with Crippen molar-refractivity contribution in [2.75, 3.05) is 26.3 Å². The molecule has 1 aliphatic carbocycles. The highest BCUT2D eigenvalue weighted by atomic mass is 31.2. The smallest absolute Gasteiger partial charge is 0.370 e. The third-order valence-electron chi connectivity index (χ3n) is 17.2. The first-order chi connectivity index (χ1) is 40.7. The molecule has 85 heavy (non-hydrogen) atoms. The van der Waals surface area contributed by atoms with E-state index in [1.807, 2.05) is 42.5 Å². The van der Waals surface area contributed by atoms with E-state index < -0.39 is 78.8 Å². The number of piperidine rings is 1. The van der Waals surface area contributed by atoms with Crippen molar-refractivity contribution in [2.24, 2.45) is 24.6 Å². The topological polar surface area (TPSA) is 312 Å². The summed E-state index contributed by atoms with van der Waals surface area (Å²) in [5, 5.41) is 11.3. The molecule has 0 radical (unpaired) electrons. The number of carbonyl (C=O) groups excluding carboxylic acids is 9. The Labute approximate surface area is 492 Å². The average Bonchev–Trinajstić information content (AvgIpc) is 2.52. The number of nitrogens with one attached hydrogen (secondary N) is 5. The molecule has 24 heteroatoms. The summed E-state index contributed by atoms with van der Waals surface area (Å²) in [4.78, 5) is 142. The molecule has 5 aromatic rings. The Hall–Kier alpha value is -7.75. The molecule has 4 aliphatic rings. The van der Waals surface area contributed by atoms with Crippen LogP contribution in [-0.4, -0.2) is 127 Å². The van der Waals surface area contributed by atoms with Crippen LogP contribution in [0, 0.1) is 11.8 Å². The molecule has 3 aliphatic heterocycles. The number of carbonyl (C=O) groups is 9. The lowest BCUT2D eigenvalue weighted by Crippen LogP contribution is -2.62. The number of imidazole rings is 1. The highest BCUT2D eigenvalue weighted by Gasteiger charge is 2.47. The third-order valence-corrected chi connectivity index (χ3v) is 19.2. The van der Waals surface area contributed by atoms with Crippen LogP contribution < -0.4 is 32.7 Å². The summed E-state index contributed by atoms with van der Waals surface area (Å²) in [6.07, 6.45) is 5.35. The fourth-order valence-corrected chi connectivity index (χ4v) is 13.9.